The molecule has 6 heteroatoms. The van der Waals surface area contributed by atoms with Gasteiger partial charge in [-0.15, -0.1) is 5.10 Å². The van der Waals surface area contributed by atoms with Crippen LogP contribution in [0.1, 0.15) is 11.1 Å². The van der Waals surface area contributed by atoms with Crippen LogP contribution in [0.15, 0.2) is 48.7 Å². The van der Waals surface area contributed by atoms with Crippen molar-refractivity contribution in [1.82, 2.24) is 15.2 Å². The third kappa shape index (κ3) is 3.96. The third-order valence-corrected chi connectivity index (χ3v) is 3.55. The fraction of sp³-hybridized carbons (Fsp3) is 0.118. The van der Waals surface area contributed by atoms with Crippen molar-refractivity contribution in [3.63, 3.8) is 0 Å². The molecule has 0 saturated carbocycles. The summed E-state index contributed by atoms with van der Waals surface area (Å²) in [6.45, 7) is 4.02. The number of nitrogens with zero attached hydrogens (tertiary/aromatic N) is 3. The maximum atomic E-state index is 5.97. The Morgan fingerprint density at radius 1 is 0.957 bits per heavy atom. The number of aryl methyl sites for hydroxylation is 2. The van der Waals surface area contributed by atoms with E-state index < -0.39 is 0 Å². The first-order valence-electron chi connectivity index (χ1n) is 7.17. The van der Waals surface area contributed by atoms with Crippen molar-refractivity contribution in [3.05, 3.63) is 64.8 Å². The van der Waals surface area contributed by atoms with Crippen LogP contribution in [0.3, 0.4) is 0 Å². The predicted octanol–water partition coefficient (Wildman–Crippen LogP) is 4.63. The minimum absolute atomic E-state index is 0.424. The van der Waals surface area contributed by atoms with E-state index in [0.29, 0.717) is 16.8 Å². The zero-order valence-corrected chi connectivity index (χ0v) is 13.6. The molecule has 23 heavy (non-hydrogen) atoms. The van der Waals surface area contributed by atoms with Crippen LogP contribution < -0.4 is 10.6 Å². The number of hydrogen-bond donors (Lipinski definition) is 2. The van der Waals surface area contributed by atoms with Gasteiger partial charge in [-0.1, -0.05) is 29.3 Å². The Morgan fingerprint density at radius 3 is 2.48 bits per heavy atom. The van der Waals surface area contributed by atoms with Gasteiger partial charge < -0.3 is 10.6 Å². The summed E-state index contributed by atoms with van der Waals surface area (Å²) in [4.78, 5) is 4.42. The Bertz CT molecular complexity index is 817. The summed E-state index contributed by atoms with van der Waals surface area (Å²) in [5.41, 5.74) is 4.06. The lowest BCUT2D eigenvalue weighted by atomic mass is 10.2. The molecule has 0 bridgehead atoms. The molecule has 2 aromatic carbocycles. The zero-order chi connectivity index (χ0) is 16.2. The highest BCUT2D eigenvalue weighted by atomic mass is 35.5. The molecule has 0 aliphatic rings. The molecule has 1 aromatic heterocycles. The first kappa shape index (κ1) is 15.2. The molecule has 0 aliphatic heterocycles. The van der Waals surface area contributed by atoms with Crippen LogP contribution in [0.5, 0.6) is 0 Å². The van der Waals surface area contributed by atoms with Crippen molar-refractivity contribution in [3.8, 4) is 0 Å². The highest BCUT2D eigenvalue weighted by Crippen LogP contribution is 2.22. The number of anilines is 4. The van der Waals surface area contributed by atoms with E-state index in [4.69, 9.17) is 11.6 Å². The first-order valence-corrected chi connectivity index (χ1v) is 7.54. The van der Waals surface area contributed by atoms with Gasteiger partial charge in [-0.3, -0.25) is 0 Å². The van der Waals surface area contributed by atoms with Gasteiger partial charge in [0.1, 0.15) is 0 Å². The van der Waals surface area contributed by atoms with Crippen LogP contribution in [-0.4, -0.2) is 15.2 Å². The Morgan fingerprint density at radius 2 is 1.74 bits per heavy atom. The van der Waals surface area contributed by atoms with Crippen molar-refractivity contribution in [2.24, 2.45) is 0 Å². The molecule has 0 amide bonds. The van der Waals surface area contributed by atoms with Crippen molar-refractivity contribution in [1.29, 1.82) is 0 Å². The van der Waals surface area contributed by atoms with Gasteiger partial charge in [-0.2, -0.15) is 10.1 Å². The molecule has 0 saturated heterocycles. The van der Waals surface area contributed by atoms with E-state index >= 15 is 0 Å². The second-order valence-electron chi connectivity index (χ2n) is 5.24. The normalized spacial score (nSPS) is 10.4. The van der Waals surface area contributed by atoms with E-state index in [1.807, 2.05) is 56.3 Å². The quantitative estimate of drug-likeness (QED) is 0.732. The van der Waals surface area contributed by atoms with Crippen molar-refractivity contribution in [2.75, 3.05) is 10.6 Å². The fourth-order valence-corrected chi connectivity index (χ4v) is 2.32. The SMILES string of the molecule is Cc1ccc(Nc2cnnc(Nc3ccc(Cl)cc3C)n2)cc1. The lowest BCUT2D eigenvalue weighted by Gasteiger charge is -2.10. The smallest absolute Gasteiger partial charge is 0.249 e. The summed E-state index contributed by atoms with van der Waals surface area (Å²) in [6, 6.07) is 13.6. The molecule has 116 valence electrons. The number of benzene rings is 2. The summed E-state index contributed by atoms with van der Waals surface area (Å²) >= 11 is 5.97. The van der Waals surface area contributed by atoms with Gasteiger partial charge in [0.15, 0.2) is 5.82 Å². The molecule has 3 rings (SSSR count). The van der Waals surface area contributed by atoms with Gasteiger partial charge in [0.25, 0.3) is 0 Å². The molecule has 3 aromatic rings. The second-order valence-corrected chi connectivity index (χ2v) is 5.68. The Hall–Kier alpha value is -2.66. The molecule has 0 radical (unpaired) electrons. The number of aromatic nitrogens is 3. The first-order chi connectivity index (χ1) is 11.1. The molecule has 5 nitrogen and oxygen atoms in total. The van der Waals surface area contributed by atoms with Gasteiger partial charge >= 0.3 is 0 Å². The molecule has 0 aliphatic carbocycles. The Kier molecular flexibility index (Phi) is 4.39. The predicted molar refractivity (Wildman–Crippen MR) is 93.8 cm³/mol. The summed E-state index contributed by atoms with van der Waals surface area (Å²) in [7, 11) is 0. The van der Waals surface area contributed by atoms with Gasteiger partial charge in [0.05, 0.1) is 6.20 Å². The maximum Gasteiger partial charge on any atom is 0.249 e. The average Bonchev–Trinajstić information content (AvgIpc) is 2.53. The highest BCUT2D eigenvalue weighted by molar-refractivity contribution is 6.30. The molecular weight excluding hydrogens is 310 g/mol. The van der Waals surface area contributed by atoms with Crippen LogP contribution >= 0.6 is 11.6 Å². The van der Waals surface area contributed by atoms with E-state index in [9.17, 15) is 0 Å². The Balaban J connectivity index is 1.78. The zero-order valence-electron chi connectivity index (χ0n) is 12.8. The highest BCUT2D eigenvalue weighted by Gasteiger charge is 2.04. The summed E-state index contributed by atoms with van der Waals surface area (Å²) in [5, 5.41) is 15.0. The van der Waals surface area contributed by atoms with Crippen LogP contribution in [0.2, 0.25) is 5.02 Å². The lowest BCUT2D eigenvalue weighted by molar-refractivity contribution is 0.982. The van der Waals surface area contributed by atoms with E-state index in [0.717, 1.165) is 16.9 Å². The molecule has 0 spiro atoms. The van der Waals surface area contributed by atoms with Crippen LogP contribution in [0.4, 0.5) is 23.1 Å². The Labute approximate surface area is 139 Å². The summed E-state index contributed by atoms with van der Waals surface area (Å²) < 4.78 is 0. The largest absolute Gasteiger partial charge is 0.339 e. The molecule has 0 unspecified atom stereocenters. The maximum absolute atomic E-state index is 5.97. The number of halogens is 1. The van der Waals surface area contributed by atoms with Gasteiger partial charge in [-0.05, 0) is 49.7 Å². The second kappa shape index (κ2) is 6.62. The minimum Gasteiger partial charge on any atom is -0.339 e. The van der Waals surface area contributed by atoms with Crippen LogP contribution in [0.25, 0.3) is 0 Å². The molecule has 0 atom stereocenters. The molecule has 2 N–H and O–H groups in total. The number of nitrogens with one attached hydrogen (secondary N) is 2. The van der Waals surface area contributed by atoms with E-state index in [-0.39, 0.29) is 0 Å². The summed E-state index contributed by atoms with van der Waals surface area (Å²) in [6.07, 6.45) is 1.58. The summed E-state index contributed by atoms with van der Waals surface area (Å²) in [5.74, 6) is 1.05. The molecule has 1 heterocycles. The van der Waals surface area contributed by atoms with Crippen molar-refractivity contribution >= 4 is 34.7 Å². The van der Waals surface area contributed by atoms with E-state index in [1.165, 1.54) is 5.56 Å². The minimum atomic E-state index is 0.424. The van der Waals surface area contributed by atoms with Crippen molar-refractivity contribution < 1.29 is 0 Å². The monoisotopic (exact) mass is 325 g/mol. The van der Waals surface area contributed by atoms with Gasteiger partial charge in [0.2, 0.25) is 5.95 Å². The van der Waals surface area contributed by atoms with E-state index in [2.05, 4.69) is 25.8 Å². The van der Waals surface area contributed by atoms with Crippen molar-refractivity contribution in [2.45, 2.75) is 13.8 Å². The number of hydrogen-bond acceptors (Lipinski definition) is 5. The third-order valence-electron chi connectivity index (χ3n) is 3.32. The average molecular weight is 326 g/mol. The van der Waals surface area contributed by atoms with E-state index in [1.54, 1.807) is 6.20 Å². The lowest BCUT2D eigenvalue weighted by Crippen LogP contribution is -2.03. The van der Waals surface area contributed by atoms with Crippen LogP contribution in [0, 0.1) is 13.8 Å². The number of rotatable bonds is 4. The van der Waals surface area contributed by atoms with Gasteiger partial charge in [-0.25, -0.2) is 0 Å². The standard InChI is InChI=1S/C17H16ClN5/c1-11-3-6-14(7-4-11)20-16-10-19-23-17(22-16)21-15-8-5-13(18)9-12(15)2/h3-10H,1-2H3,(H2,20,21,22,23). The molecular formula is C17H16ClN5. The fourth-order valence-electron chi connectivity index (χ4n) is 2.09. The van der Waals surface area contributed by atoms with Gasteiger partial charge in [0, 0.05) is 16.4 Å². The topological polar surface area (TPSA) is 62.7 Å². The molecule has 0 fully saturated rings. The van der Waals surface area contributed by atoms with Crippen LogP contribution in [-0.2, 0) is 0 Å².